The van der Waals surface area contributed by atoms with E-state index in [1.54, 1.807) is 0 Å². The molecule has 0 aliphatic heterocycles. The van der Waals surface area contributed by atoms with Crippen LogP contribution in [0.3, 0.4) is 0 Å². The van der Waals surface area contributed by atoms with Crippen molar-refractivity contribution in [3.8, 4) is 5.75 Å². The summed E-state index contributed by atoms with van der Waals surface area (Å²) < 4.78 is 235. The number of aromatic hydroxyl groups is 1. The zero-order chi connectivity index (χ0) is 38.4. The maximum Gasteiger partial charge on any atom is 0.200 e. The summed E-state index contributed by atoms with van der Waals surface area (Å²) in [5, 5.41) is 9.50. The van der Waals surface area contributed by atoms with Crippen molar-refractivity contribution < 1.29 is 80.3 Å². The van der Waals surface area contributed by atoms with Crippen LogP contribution >= 0.6 is 0 Å². The number of halogens is 16. The summed E-state index contributed by atoms with van der Waals surface area (Å²) in [5.41, 5.74) is -9.31. The molecule has 0 radical (unpaired) electrons. The lowest BCUT2D eigenvalue weighted by molar-refractivity contribution is -0.786. The largest absolute Gasteiger partial charge is 0.505 e. The molecule has 5 aromatic carbocycles. The van der Waals surface area contributed by atoms with Crippen molar-refractivity contribution in [3.63, 3.8) is 0 Å². The lowest BCUT2D eigenvalue weighted by Crippen LogP contribution is -3.00. The second-order valence-electron chi connectivity index (χ2n) is 10.9. The van der Waals surface area contributed by atoms with Gasteiger partial charge in [0, 0.05) is 0 Å². The number of rotatable bonds is 5. The zero-order valence-electron chi connectivity index (χ0n) is 25.2. The van der Waals surface area contributed by atoms with Gasteiger partial charge in [-0.05, 0) is 18.2 Å². The van der Waals surface area contributed by atoms with Gasteiger partial charge in [-0.3, -0.25) is 0 Å². The lowest BCUT2D eigenvalue weighted by Gasteiger charge is -2.44. The first-order valence-electron chi connectivity index (χ1n) is 13.8. The van der Waals surface area contributed by atoms with E-state index in [0.717, 1.165) is 0 Å². The van der Waals surface area contributed by atoms with Gasteiger partial charge >= 0.3 is 0 Å². The topological polar surface area (TPSA) is 24.7 Å². The Balaban J connectivity index is 0.000000563. The third-order valence-corrected chi connectivity index (χ3v) is 7.85. The molecule has 51 heavy (non-hydrogen) atoms. The van der Waals surface area contributed by atoms with Gasteiger partial charge in [0.15, 0.2) is 63.9 Å². The predicted molar refractivity (Wildman–Crippen MR) is 150 cm³/mol. The van der Waals surface area contributed by atoms with E-state index in [2.05, 4.69) is 38.4 Å². The van der Waals surface area contributed by atoms with Crippen molar-refractivity contribution in [2.45, 2.75) is 0 Å². The molecule has 0 aliphatic carbocycles. The highest BCUT2D eigenvalue weighted by Crippen LogP contribution is 2.29. The van der Waals surface area contributed by atoms with Crippen molar-refractivity contribution >= 4 is 33.7 Å². The number of phenols is 1. The second kappa shape index (κ2) is 14.2. The minimum absolute atomic E-state index is 0.0330. The highest BCUT2D eigenvalue weighted by molar-refractivity contribution is 7.20. The molecule has 0 aromatic heterocycles. The highest BCUT2D eigenvalue weighted by atomic mass is 19.2. The quantitative estimate of drug-likeness (QED) is 0.106. The number of para-hydroxylation sites is 1. The minimum Gasteiger partial charge on any atom is -0.505 e. The molecule has 2 nitrogen and oxygen atoms in total. The Morgan fingerprint density at radius 2 is 0.706 bits per heavy atom. The Morgan fingerprint density at radius 1 is 0.412 bits per heavy atom. The van der Waals surface area contributed by atoms with Crippen molar-refractivity contribution in [2.24, 2.45) is 0 Å². The molecule has 5 aromatic rings. The van der Waals surface area contributed by atoms with Crippen LogP contribution in [0.4, 0.5) is 75.9 Å². The van der Waals surface area contributed by atoms with Crippen LogP contribution in [0.1, 0.15) is 0 Å². The molecular formula is C32H16BF16NO. The third kappa shape index (κ3) is 6.12. The highest BCUT2D eigenvalue weighted by Gasteiger charge is 2.49. The van der Waals surface area contributed by atoms with Crippen LogP contribution < -0.4 is 26.8 Å². The lowest BCUT2D eigenvalue weighted by atomic mass is 9.12. The van der Waals surface area contributed by atoms with E-state index >= 15 is 26.3 Å². The van der Waals surface area contributed by atoms with E-state index in [1.165, 1.54) is 10.6 Å². The Bertz CT molecular complexity index is 1920. The van der Waals surface area contributed by atoms with Crippen molar-refractivity contribution in [2.75, 3.05) is 14.1 Å². The molecular weight excluding hydrogens is 729 g/mol. The van der Waals surface area contributed by atoms with Gasteiger partial charge in [0.1, 0.15) is 46.7 Å². The van der Waals surface area contributed by atoms with E-state index in [-0.39, 0.29) is 12.1 Å². The first kappa shape index (κ1) is 38.6. The van der Waals surface area contributed by atoms with Crippen molar-refractivity contribution in [1.29, 1.82) is 0 Å². The van der Waals surface area contributed by atoms with Crippen LogP contribution in [0.5, 0.6) is 5.75 Å². The van der Waals surface area contributed by atoms with Crippen LogP contribution in [0.25, 0.3) is 0 Å². The average molecular weight is 745 g/mol. The Hall–Kier alpha value is -5.20. The Morgan fingerprint density at radius 3 is 0.961 bits per heavy atom. The fourth-order valence-electron chi connectivity index (χ4n) is 5.50. The molecule has 0 fully saturated rings. The third-order valence-electron chi connectivity index (χ3n) is 7.85. The van der Waals surface area contributed by atoms with E-state index in [9.17, 15) is 49.0 Å². The van der Waals surface area contributed by atoms with Crippen LogP contribution in [0, 0.1) is 93.1 Å². The van der Waals surface area contributed by atoms with E-state index in [1.807, 2.05) is 6.07 Å². The smallest absolute Gasteiger partial charge is 0.200 e. The first-order chi connectivity index (χ1) is 23.7. The summed E-state index contributed by atoms with van der Waals surface area (Å²) in [4.78, 5) is 1.37. The van der Waals surface area contributed by atoms with Gasteiger partial charge in [0.05, 0.1) is 14.1 Å². The first-order valence-corrected chi connectivity index (χ1v) is 13.8. The van der Waals surface area contributed by atoms with E-state index in [4.69, 9.17) is 0 Å². The van der Waals surface area contributed by atoms with Crippen molar-refractivity contribution in [1.82, 2.24) is 0 Å². The number of hydrogen-bond donors (Lipinski definition) is 2. The van der Waals surface area contributed by atoms with E-state index < -0.39 is 133 Å². The van der Waals surface area contributed by atoms with Crippen LogP contribution in [-0.4, -0.2) is 25.3 Å². The summed E-state index contributed by atoms with van der Waals surface area (Å²) in [6.45, 7) is 0. The number of hydrogen-bond acceptors (Lipinski definition) is 1. The fourth-order valence-corrected chi connectivity index (χ4v) is 5.50. The van der Waals surface area contributed by atoms with Crippen molar-refractivity contribution in [3.05, 3.63) is 142 Å². The number of nitrogens with one attached hydrogen (secondary N) is 1. The van der Waals surface area contributed by atoms with Gasteiger partial charge in [-0.15, -0.1) is 16.4 Å². The van der Waals surface area contributed by atoms with E-state index in [0.29, 0.717) is 0 Å². The molecule has 2 N–H and O–H groups in total. The maximum absolute atomic E-state index is 15.4. The molecule has 0 unspecified atom stereocenters. The van der Waals surface area contributed by atoms with Gasteiger partial charge in [-0.2, -0.15) is 5.46 Å². The SMILES string of the molecule is C[NH+](C)c1ccccc1.Oc1ccc([B-](c2c(F)c(F)c(F)c(F)c2F)(c2c(F)c(F)c(F)c(F)c2F)c2c(F)c(F)c(F)c(F)c2F)cc1F. The molecule has 0 heterocycles. The Kier molecular flexibility index (Phi) is 10.8. The van der Waals surface area contributed by atoms with Crippen LogP contribution in [0.15, 0.2) is 48.5 Å². The number of quaternary nitrogens is 1. The standard InChI is InChI=1S/C24H4BF16O.C8H11N/c26-5-3-4(1-2-6(5)42)25(7-10(27)16(33)22(39)17(34)11(7)28,8-12(29)18(35)23(40)19(36)13(8)30)9-14(31)20(37)24(41)21(38)15(9)32;1-9(2)8-6-4-3-5-7-8/h1-3,42H;3-7H,1-2H3/q-1;/p+1. The minimum atomic E-state index is -6.10. The summed E-state index contributed by atoms with van der Waals surface area (Å²) in [5.74, 6) is -51.3. The number of benzene rings is 5. The number of phenolic OH excluding ortho intramolecular Hbond substituents is 1. The molecule has 5 rings (SSSR count). The molecule has 270 valence electrons. The molecule has 0 saturated carbocycles. The van der Waals surface area contributed by atoms with Gasteiger partial charge in [-0.25, -0.2) is 70.2 Å². The molecule has 0 spiro atoms. The molecule has 0 bridgehead atoms. The summed E-state index contributed by atoms with van der Waals surface area (Å²) >= 11 is 0. The molecule has 0 atom stereocenters. The van der Waals surface area contributed by atoms with Gasteiger partial charge in [0.2, 0.25) is 0 Å². The van der Waals surface area contributed by atoms with Crippen LogP contribution in [-0.2, 0) is 0 Å². The summed E-state index contributed by atoms with van der Waals surface area (Å²) in [7, 11) is 4.24. The Labute approximate surface area is 275 Å². The summed E-state index contributed by atoms with van der Waals surface area (Å²) in [6, 6.07) is 9.99. The molecule has 0 aliphatic rings. The zero-order valence-corrected chi connectivity index (χ0v) is 25.2. The van der Waals surface area contributed by atoms with Gasteiger partial charge < -0.3 is 10.0 Å². The second-order valence-corrected chi connectivity index (χ2v) is 10.9. The fraction of sp³-hybridized carbons (Fsp3) is 0.0625. The normalized spacial score (nSPS) is 11.6. The predicted octanol–water partition coefficient (Wildman–Crippen LogP) is 5.46. The monoisotopic (exact) mass is 745 g/mol. The molecule has 19 heteroatoms. The maximum atomic E-state index is 15.4. The average Bonchev–Trinajstić information content (AvgIpc) is 3.11. The van der Waals surface area contributed by atoms with Gasteiger partial charge in [-0.1, -0.05) is 30.3 Å². The van der Waals surface area contributed by atoms with Crippen LogP contribution in [0.2, 0.25) is 0 Å². The summed E-state index contributed by atoms with van der Waals surface area (Å²) in [6.07, 6.45) is -6.10. The molecule has 0 saturated heterocycles. The van der Waals surface area contributed by atoms with Gasteiger partial charge in [0.25, 0.3) is 0 Å². The molecule has 0 amide bonds.